The van der Waals surface area contributed by atoms with Crippen LogP contribution in [0.15, 0.2) is 65.3 Å². The molecule has 39 heavy (non-hydrogen) atoms. The largest absolute Gasteiger partial charge is 0.459 e. The molecule has 3 aromatic rings. The summed E-state index contributed by atoms with van der Waals surface area (Å²) in [5.74, 6) is -0.0933. The van der Waals surface area contributed by atoms with Gasteiger partial charge in [-0.15, -0.1) is 0 Å². The van der Waals surface area contributed by atoms with Crippen molar-refractivity contribution < 1.29 is 18.8 Å². The highest BCUT2D eigenvalue weighted by Gasteiger charge is 2.23. The zero-order chi connectivity index (χ0) is 27.2. The van der Waals surface area contributed by atoms with E-state index in [1.807, 2.05) is 17.0 Å². The van der Waals surface area contributed by atoms with E-state index in [0.29, 0.717) is 37.2 Å². The minimum Gasteiger partial charge on any atom is -0.459 e. The van der Waals surface area contributed by atoms with Crippen molar-refractivity contribution in [3.8, 4) is 0 Å². The van der Waals surface area contributed by atoms with E-state index in [2.05, 4.69) is 45.6 Å². The molecular weight excluding hydrogens is 494 g/mol. The number of hydrogen-bond donors (Lipinski definition) is 2. The van der Waals surface area contributed by atoms with Crippen LogP contribution in [0.25, 0.3) is 0 Å². The fourth-order valence-electron chi connectivity index (χ4n) is 5.25. The Bertz CT molecular complexity index is 1310. The molecule has 0 radical (unpaired) electrons. The average Bonchev–Trinajstić information content (AvgIpc) is 3.64. The van der Waals surface area contributed by atoms with Crippen LogP contribution in [-0.4, -0.2) is 68.4 Å². The van der Waals surface area contributed by atoms with Gasteiger partial charge in [0.2, 0.25) is 5.91 Å². The Balaban J connectivity index is 1.28. The molecule has 3 amide bonds. The molecule has 3 heterocycles. The standard InChI is InChI=1S/C30H35N5O4/c1-22-7-2-3-8-25(22)33-16-18-34(19-17-33)26-21-23(11-12-24(26)32-30(38)27-9-5-20-39-27)29(37)31-13-6-15-35-14-4-10-28(35)36/h2-3,5,7-9,11-12,20-21H,4,6,10,13-19H2,1H3,(H,31,37)(H,32,38). The molecule has 9 nitrogen and oxygen atoms in total. The van der Waals surface area contributed by atoms with E-state index >= 15 is 0 Å². The van der Waals surface area contributed by atoms with Crippen LogP contribution in [0.3, 0.4) is 0 Å². The summed E-state index contributed by atoms with van der Waals surface area (Å²) >= 11 is 0. The number of likely N-dealkylation sites (tertiary alicyclic amines) is 1. The van der Waals surface area contributed by atoms with E-state index in [-0.39, 0.29) is 23.5 Å². The van der Waals surface area contributed by atoms with Gasteiger partial charge in [-0.1, -0.05) is 18.2 Å². The van der Waals surface area contributed by atoms with Gasteiger partial charge in [0.1, 0.15) is 0 Å². The minimum absolute atomic E-state index is 0.175. The quantitative estimate of drug-likeness (QED) is 0.408. The molecule has 5 rings (SSSR count). The Labute approximate surface area is 228 Å². The maximum atomic E-state index is 13.0. The van der Waals surface area contributed by atoms with Crippen molar-refractivity contribution in [1.82, 2.24) is 10.2 Å². The third-order valence-electron chi connectivity index (χ3n) is 7.39. The van der Waals surface area contributed by atoms with Crippen LogP contribution in [0.5, 0.6) is 0 Å². The van der Waals surface area contributed by atoms with Crippen molar-refractivity contribution in [3.05, 3.63) is 77.7 Å². The highest BCUT2D eigenvalue weighted by atomic mass is 16.3. The molecule has 0 spiro atoms. The maximum absolute atomic E-state index is 13.0. The SMILES string of the molecule is Cc1ccccc1N1CCN(c2cc(C(=O)NCCCN3CCCC3=O)ccc2NC(=O)c2ccco2)CC1. The molecule has 2 aliphatic rings. The summed E-state index contributed by atoms with van der Waals surface area (Å²) in [6.45, 7) is 7.20. The van der Waals surface area contributed by atoms with Crippen LogP contribution in [0.1, 0.15) is 45.7 Å². The highest BCUT2D eigenvalue weighted by Crippen LogP contribution is 2.30. The number of amides is 3. The molecule has 2 fully saturated rings. The van der Waals surface area contributed by atoms with Crippen molar-refractivity contribution >= 4 is 34.8 Å². The second-order valence-electron chi connectivity index (χ2n) is 10.0. The fraction of sp³-hybridized carbons (Fsp3) is 0.367. The monoisotopic (exact) mass is 529 g/mol. The Morgan fingerprint density at radius 2 is 1.67 bits per heavy atom. The lowest BCUT2D eigenvalue weighted by atomic mass is 10.1. The number of hydrogen-bond acceptors (Lipinski definition) is 6. The summed E-state index contributed by atoms with van der Waals surface area (Å²) < 4.78 is 5.27. The van der Waals surface area contributed by atoms with Gasteiger partial charge in [0.15, 0.2) is 5.76 Å². The summed E-state index contributed by atoms with van der Waals surface area (Å²) in [6.07, 6.45) is 3.71. The number of rotatable bonds is 9. The molecule has 0 bridgehead atoms. The summed E-state index contributed by atoms with van der Waals surface area (Å²) in [6, 6.07) is 17.0. The van der Waals surface area contributed by atoms with E-state index in [4.69, 9.17) is 4.42 Å². The van der Waals surface area contributed by atoms with Crippen molar-refractivity contribution in [3.63, 3.8) is 0 Å². The van der Waals surface area contributed by atoms with Crippen molar-refractivity contribution in [2.24, 2.45) is 0 Å². The third-order valence-corrected chi connectivity index (χ3v) is 7.39. The van der Waals surface area contributed by atoms with E-state index < -0.39 is 0 Å². The average molecular weight is 530 g/mol. The number of nitrogens with one attached hydrogen (secondary N) is 2. The number of para-hydroxylation sites is 1. The van der Waals surface area contributed by atoms with E-state index in [0.717, 1.165) is 44.8 Å². The number of anilines is 3. The van der Waals surface area contributed by atoms with Crippen molar-refractivity contribution in [2.75, 3.05) is 60.9 Å². The normalized spacial score (nSPS) is 15.5. The first kappa shape index (κ1) is 26.3. The minimum atomic E-state index is -0.339. The predicted octanol–water partition coefficient (Wildman–Crippen LogP) is 3.91. The molecule has 2 saturated heterocycles. The van der Waals surface area contributed by atoms with E-state index in [1.54, 1.807) is 24.3 Å². The molecule has 1 aromatic heterocycles. The topological polar surface area (TPSA) is 98.1 Å². The molecule has 2 aliphatic heterocycles. The predicted molar refractivity (Wildman–Crippen MR) is 151 cm³/mol. The maximum Gasteiger partial charge on any atom is 0.291 e. The van der Waals surface area contributed by atoms with Crippen LogP contribution in [0.2, 0.25) is 0 Å². The Kier molecular flexibility index (Phi) is 8.15. The lowest BCUT2D eigenvalue weighted by molar-refractivity contribution is -0.127. The number of carbonyl (C=O) groups is 3. The molecule has 2 aromatic carbocycles. The van der Waals surface area contributed by atoms with Crippen LogP contribution >= 0.6 is 0 Å². The Hall–Kier alpha value is -4.27. The Morgan fingerprint density at radius 1 is 0.897 bits per heavy atom. The van der Waals surface area contributed by atoms with E-state index in [1.165, 1.54) is 17.5 Å². The number of furan rings is 1. The summed E-state index contributed by atoms with van der Waals surface area (Å²) in [5, 5.41) is 5.94. The summed E-state index contributed by atoms with van der Waals surface area (Å²) in [4.78, 5) is 44.0. The molecule has 0 saturated carbocycles. The number of aryl methyl sites for hydroxylation is 1. The molecule has 0 aliphatic carbocycles. The zero-order valence-electron chi connectivity index (χ0n) is 22.3. The van der Waals surface area contributed by atoms with Crippen molar-refractivity contribution in [2.45, 2.75) is 26.2 Å². The van der Waals surface area contributed by atoms with Gasteiger partial charge in [0.25, 0.3) is 11.8 Å². The second-order valence-corrected chi connectivity index (χ2v) is 10.0. The lowest BCUT2D eigenvalue weighted by Gasteiger charge is -2.38. The van der Waals surface area contributed by atoms with Crippen LogP contribution in [0, 0.1) is 6.92 Å². The van der Waals surface area contributed by atoms with Gasteiger partial charge >= 0.3 is 0 Å². The first-order chi connectivity index (χ1) is 19.0. The van der Waals surface area contributed by atoms with Crippen molar-refractivity contribution in [1.29, 1.82) is 0 Å². The van der Waals surface area contributed by atoms with Gasteiger partial charge in [-0.2, -0.15) is 0 Å². The van der Waals surface area contributed by atoms with Gasteiger partial charge in [-0.3, -0.25) is 14.4 Å². The molecule has 0 atom stereocenters. The highest BCUT2D eigenvalue weighted by molar-refractivity contribution is 6.05. The van der Waals surface area contributed by atoms with Gasteiger partial charge in [0.05, 0.1) is 17.6 Å². The number of benzene rings is 2. The third kappa shape index (κ3) is 6.25. The zero-order valence-corrected chi connectivity index (χ0v) is 22.3. The Morgan fingerprint density at radius 3 is 2.36 bits per heavy atom. The molecule has 2 N–H and O–H groups in total. The fourth-order valence-corrected chi connectivity index (χ4v) is 5.25. The summed E-state index contributed by atoms with van der Waals surface area (Å²) in [7, 11) is 0. The molecular formula is C30H35N5O4. The molecule has 0 unspecified atom stereocenters. The van der Waals surface area contributed by atoms with Gasteiger partial charge in [-0.25, -0.2) is 0 Å². The smallest absolute Gasteiger partial charge is 0.291 e. The first-order valence-electron chi connectivity index (χ1n) is 13.6. The first-order valence-corrected chi connectivity index (χ1v) is 13.6. The number of carbonyl (C=O) groups excluding carboxylic acids is 3. The second kappa shape index (κ2) is 12.1. The van der Waals surface area contributed by atoms with Crippen LogP contribution in [0.4, 0.5) is 17.1 Å². The van der Waals surface area contributed by atoms with E-state index in [9.17, 15) is 14.4 Å². The number of piperazine rings is 1. The van der Waals surface area contributed by atoms with Gasteiger partial charge in [0, 0.05) is 63.5 Å². The number of nitrogens with zero attached hydrogens (tertiary/aromatic N) is 3. The molecule has 204 valence electrons. The van der Waals surface area contributed by atoms with Gasteiger partial charge < -0.3 is 29.8 Å². The molecule has 9 heteroatoms. The summed E-state index contributed by atoms with van der Waals surface area (Å²) in [5.41, 5.74) is 4.43. The van der Waals surface area contributed by atoms with Crippen LogP contribution in [-0.2, 0) is 4.79 Å². The lowest BCUT2D eigenvalue weighted by Crippen LogP contribution is -2.47. The van der Waals surface area contributed by atoms with Gasteiger partial charge in [-0.05, 0) is 61.7 Å². The van der Waals surface area contributed by atoms with Crippen LogP contribution < -0.4 is 20.4 Å².